The second-order valence-electron chi connectivity index (χ2n) is 5.90. The van der Waals surface area contributed by atoms with Crippen molar-refractivity contribution < 1.29 is 9.90 Å². The van der Waals surface area contributed by atoms with Gasteiger partial charge in [-0.2, -0.15) is 5.10 Å². The average molecular weight is 288 g/mol. The molecule has 1 saturated heterocycles. The molecule has 3 heterocycles. The fourth-order valence-electron chi connectivity index (χ4n) is 2.82. The molecule has 0 spiro atoms. The van der Waals surface area contributed by atoms with E-state index in [1.807, 2.05) is 20.9 Å². The number of hydrogen-bond acceptors (Lipinski definition) is 4. The molecule has 0 aliphatic carbocycles. The maximum atomic E-state index is 12.8. The summed E-state index contributed by atoms with van der Waals surface area (Å²) in [6, 6.07) is 1.80. The van der Waals surface area contributed by atoms with Crippen molar-refractivity contribution in [3.05, 3.63) is 23.5 Å². The molecule has 0 saturated carbocycles. The van der Waals surface area contributed by atoms with Crippen molar-refractivity contribution in [2.24, 2.45) is 13.0 Å². The zero-order valence-corrected chi connectivity index (χ0v) is 12.6. The molecule has 112 valence electrons. The van der Waals surface area contributed by atoms with Crippen LogP contribution in [0.3, 0.4) is 0 Å². The van der Waals surface area contributed by atoms with E-state index in [2.05, 4.69) is 10.1 Å². The summed E-state index contributed by atoms with van der Waals surface area (Å²) in [7, 11) is 1.81. The highest BCUT2D eigenvalue weighted by atomic mass is 16.3. The Morgan fingerprint density at radius 1 is 1.48 bits per heavy atom. The van der Waals surface area contributed by atoms with Crippen molar-refractivity contribution >= 4 is 16.9 Å². The Bertz CT molecular complexity index is 694. The fraction of sp³-hybridized carbons (Fsp3) is 0.533. The van der Waals surface area contributed by atoms with Crippen LogP contribution in [0.5, 0.6) is 0 Å². The zero-order chi connectivity index (χ0) is 15.1. The zero-order valence-electron chi connectivity index (χ0n) is 12.6. The molecule has 21 heavy (non-hydrogen) atoms. The van der Waals surface area contributed by atoms with Gasteiger partial charge in [0.05, 0.1) is 23.3 Å². The smallest absolute Gasteiger partial charge is 0.254 e. The average Bonchev–Trinajstić information content (AvgIpc) is 2.82. The Labute approximate surface area is 123 Å². The highest BCUT2D eigenvalue weighted by molar-refractivity contribution is 6.05. The minimum atomic E-state index is -0.449. The maximum absolute atomic E-state index is 12.8. The molecule has 6 nitrogen and oxygen atoms in total. The molecule has 1 aliphatic heterocycles. The van der Waals surface area contributed by atoms with Crippen LogP contribution in [0.4, 0.5) is 0 Å². The van der Waals surface area contributed by atoms with Gasteiger partial charge in [-0.15, -0.1) is 0 Å². The normalized spacial score (nSPS) is 22.8. The highest BCUT2D eigenvalue weighted by Gasteiger charge is 2.29. The number of pyridine rings is 1. The first kappa shape index (κ1) is 14.0. The Balaban J connectivity index is 1.98. The number of piperidine rings is 1. The lowest BCUT2D eigenvalue weighted by atomic mass is 9.95. The molecule has 2 aromatic rings. The summed E-state index contributed by atoms with van der Waals surface area (Å²) in [6.07, 6.45) is 2.06. The lowest BCUT2D eigenvalue weighted by Gasteiger charge is -2.34. The molecule has 1 N–H and O–H groups in total. The van der Waals surface area contributed by atoms with Crippen molar-refractivity contribution in [1.29, 1.82) is 0 Å². The van der Waals surface area contributed by atoms with Gasteiger partial charge >= 0.3 is 0 Å². The van der Waals surface area contributed by atoms with Crippen LogP contribution in [-0.2, 0) is 7.05 Å². The van der Waals surface area contributed by atoms with Gasteiger partial charge in [0.2, 0.25) is 0 Å². The number of carbonyl (C=O) groups excluding carboxylic acids is 1. The molecule has 1 amide bonds. The number of rotatable bonds is 1. The van der Waals surface area contributed by atoms with E-state index in [-0.39, 0.29) is 11.8 Å². The number of aliphatic hydroxyl groups excluding tert-OH is 1. The van der Waals surface area contributed by atoms with Gasteiger partial charge in [-0.3, -0.25) is 9.48 Å². The number of amides is 1. The topological polar surface area (TPSA) is 71.2 Å². The number of aromatic nitrogens is 3. The third-order valence-electron chi connectivity index (χ3n) is 4.27. The molecule has 1 fully saturated rings. The van der Waals surface area contributed by atoms with Gasteiger partial charge in [0.25, 0.3) is 5.91 Å². The third-order valence-corrected chi connectivity index (χ3v) is 4.27. The van der Waals surface area contributed by atoms with E-state index in [0.29, 0.717) is 24.3 Å². The van der Waals surface area contributed by atoms with E-state index in [9.17, 15) is 9.90 Å². The van der Waals surface area contributed by atoms with E-state index in [1.54, 1.807) is 21.8 Å². The van der Waals surface area contributed by atoms with Crippen LogP contribution in [-0.4, -0.2) is 49.9 Å². The van der Waals surface area contributed by atoms with Crippen molar-refractivity contribution in [2.75, 3.05) is 13.1 Å². The van der Waals surface area contributed by atoms with Gasteiger partial charge in [0.15, 0.2) is 5.65 Å². The number of carbonyl (C=O) groups is 1. The molecule has 6 heteroatoms. The standard InChI is InChI=1S/C15H20N4O2/c1-9-4-5-19(8-13(9)20)15(21)11-6-10(2)17-14-12(11)7-16-18(14)3/h6-7,9,13,20H,4-5,8H2,1-3H3. The summed E-state index contributed by atoms with van der Waals surface area (Å²) < 4.78 is 1.67. The predicted molar refractivity (Wildman–Crippen MR) is 78.9 cm³/mol. The number of β-amino-alcohol motifs (C(OH)–C–C–N with tert-alkyl or cyclic N) is 1. The second kappa shape index (κ2) is 5.11. The van der Waals surface area contributed by atoms with Gasteiger partial charge in [0, 0.05) is 25.8 Å². The first-order valence-electron chi connectivity index (χ1n) is 7.24. The van der Waals surface area contributed by atoms with Crippen molar-refractivity contribution in [1.82, 2.24) is 19.7 Å². The number of likely N-dealkylation sites (tertiary alicyclic amines) is 1. The lowest BCUT2D eigenvalue weighted by Crippen LogP contribution is -2.45. The van der Waals surface area contributed by atoms with Crippen LogP contribution in [0.2, 0.25) is 0 Å². The van der Waals surface area contributed by atoms with Gasteiger partial charge in [-0.1, -0.05) is 6.92 Å². The molecule has 2 aromatic heterocycles. The van der Waals surface area contributed by atoms with Crippen LogP contribution in [0, 0.1) is 12.8 Å². The minimum Gasteiger partial charge on any atom is -0.391 e. The number of aryl methyl sites for hydroxylation is 2. The molecular formula is C15H20N4O2. The second-order valence-corrected chi connectivity index (χ2v) is 5.90. The van der Waals surface area contributed by atoms with Crippen LogP contribution < -0.4 is 0 Å². The quantitative estimate of drug-likeness (QED) is 0.853. The van der Waals surface area contributed by atoms with Crippen molar-refractivity contribution in [3.63, 3.8) is 0 Å². The first-order chi connectivity index (χ1) is 9.97. The third kappa shape index (κ3) is 2.40. The van der Waals surface area contributed by atoms with Gasteiger partial charge in [-0.25, -0.2) is 4.98 Å². The molecule has 0 bridgehead atoms. The number of aliphatic hydroxyl groups is 1. The minimum absolute atomic E-state index is 0.0514. The molecule has 3 rings (SSSR count). The molecule has 1 aliphatic rings. The molecule has 0 aromatic carbocycles. The van der Waals surface area contributed by atoms with E-state index in [4.69, 9.17) is 0 Å². The van der Waals surface area contributed by atoms with Crippen molar-refractivity contribution in [2.45, 2.75) is 26.4 Å². The van der Waals surface area contributed by atoms with Crippen LogP contribution in [0.1, 0.15) is 29.4 Å². The number of fused-ring (bicyclic) bond motifs is 1. The largest absolute Gasteiger partial charge is 0.391 e. The van der Waals surface area contributed by atoms with Crippen LogP contribution in [0.25, 0.3) is 11.0 Å². The summed E-state index contributed by atoms with van der Waals surface area (Å²) in [5.41, 5.74) is 2.12. The van der Waals surface area contributed by atoms with E-state index in [1.165, 1.54) is 0 Å². The van der Waals surface area contributed by atoms with Gasteiger partial charge in [-0.05, 0) is 25.3 Å². The Morgan fingerprint density at radius 2 is 2.24 bits per heavy atom. The lowest BCUT2D eigenvalue weighted by molar-refractivity contribution is 0.0250. The fourth-order valence-corrected chi connectivity index (χ4v) is 2.82. The number of nitrogens with zero attached hydrogens (tertiary/aromatic N) is 4. The van der Waals surface area contributed by atoms with E-state index < -0.39 is 6.10 Å². The SMILES string of the molecule is Cc1cc(C(=O)N2CCC(C)C(O)C2)c2cnn(C)c2n1. The van der Waals surface area contributed by atoms with Crippen LogP contribution in [0.15, 0.2) is 12.3 Å². The summed E-state index contributed by atoms with van der Waals surface area (Å²) in [5, 5.41) is 14.9. The van der Waals surface area contributed by atoms with Gasteiger partial charge < -0.3 is 10.0 Å². The molecule has 0 radical (unpaired) electrons. The molecular weight excluding hydrogens is 268 g/mol. The Morgan fingerprint density at radius 3 is 2.95 bits per heavy atom. The summed E-state index contributed by atoms with van der Waals surface area (Å²) in [6.45, 7) is 4.96. The number of hydrogen-bond donors (Lipinski definition) is 1. The van der Waals surface area contributed by atoms with Crippen molar-refractivity contribution in [3.8, 4) is 0 Å². The highest BCUT2D eigenvalue weighted by Crippen LogP contribution is 2.23. The monoisotopic (exact) mass is 288 g/mol. The molecule has 2 atom stereocenters. The van der Waals surface area contributed by atoms with E-state index >= 15 is 0 Å². The Hall–Kier alpha value is -1.95. The summed E-state index contributed by atoms with van der Waals surface area (Å²) in [4.78, 5) is 18.9. The predicted octanol–water partition coefficient (Wildman–Crippen LogP) is 1.12. The summed E-state index contributed by atoms with van der Waals surface area (Å²) >= 11 is 0. The molecule has 2 unspecified atom stereocenters. The maximum Gasteiger partial charge on any atom is 0.254 e. The van der Waals surface area contributed by atoms with E-state index in [0.717, 1.165) is 17.5 Å². The Kier molecular flexibility index (Phi) is 3.41. The van der Waals surface area contributed by atoms with Crippen LogP contribution >= 0.6 is 0 Å². The summed E-state index contributed by atoms with van der Waals surface area (Å²) in [5.74, 6) is 0.191. The van der Waals surface area contributed by atoms with Gasteiger partial charge in [0.1, 0.15) is 0 Å². The first-order valence-corrected chi connectivity index (χ1v) is 7.24.